The van der Waals surface area contributed by atoms with Crippen molar-refractivity contribution >= 4 is 33.3 Å². The normalized spacial score (nSPS) is 11.1. The van der Waals surface area contributed by atoms with Crippen molar-refractivity contribution in [3.63, 3.8) is 0 Å². The lowest BCUT2D eigenvalue weighted by Gasteiger charge is -2.25. The summed E-state index contributed by atoms with van der Waals surface area (Å²) < 4.78 is 33.2. The van der Waals surface area contributed by atoms with Gasteiger partial charge in [-0.1, -0.05) is 29.8 Å². The highest BCUT2D eigenvalue weighted by atomic mass is 32.2. The Balaban J connectivity index is 1.93. The van der Waals surface area contributed by atoms with Gasteiger partial charge in [-0.2, -0.15) is 0 Å². The molecule has 8 heteroatoms. The van der Waals surface area contributed by atoms with Gasteiger partial charge in [0.25, 0.3) is 10.0 Å². The zero-order valence-electron chi connectivity index (χ0n) is 19.7. The third-order valence-corrected chi connectivity index (χ3v) is 6.84. The molecule has 0 aromatic heterocycles. The lowest BCUT2D eigenvalue weighted by molar-refractivity contribution is -0.114. The SMILES string of the molecule is CCOC(=O)c1cccc(NC(=O)CN(c2cc(C)cc(C)c2)S(=O)(=O)c2ccc(C)cc2)c1. The van der Waals surface area contributed by atoms with E-state index in [1.165, 1.54) is 18.2 Å². The van der Waals surface area contributed by atoms with Crippen LogP contribution in [0.5, 0.6) is 0 Å². The van der Waals surface area contributed by atoms with E-state index in [0.29, 0.717) is 11.4 Å². The molecule has 0 atom stereocenters. The van der Waals surface area contributed by atoms with Crippen molar-refractivity contribution in [2.75, 3.05) is 22.8 Å². The predicted octanol–water partition coefficient (Wildman–Crippen LogP) is 4.62. The first-order valence-corrected chi connectivity index (χ1v) is 12.3. The van der Waals surface area contributed by atoms with Gasteiger partial charge in [0.15, 0.2) is 0 Å². The quantitative estimate of drug-likeness (QED) is 0.475. The van der Waals surface area contributed by atoms with Crippen LogP contribution in [0, 0.1) is 20.8 Å². The number of ether oxygens (including phenoxy) is 1. The summed E-state index contributed by atoms with van der Waals surface area (Å²) in [5.74, 6) is -1.05. The van der Waals surface area contributed by atoms with Crippen molar-refractivity contribution in [3.8, 4) is 0 Å². The van der Waals surface area contributed by atoms with Gasteiger partial charge in [0.2, 0.25) is 5.91 Å². The van der Waals surface area contributed by atoms with Gasteiger partial charge in [-0.25, -0.2) is 13.2 Å². The fraction of sp³-hybridized carbons (Fsp3) is 0.231. The second kappa shape index (κ2) is 10.5. The van der Waals surface area contributed by atoms with Crippen LogP contribution in [0.1, 0.15) is 34.0 Å². The summed E-state index contributed by atoms with van der Waals surface area (Å²) in [6.07, 6.45) is 0. The van der Waals surface area contributed by atoms with Crippen LogP contribution in [0.4, 0.5) is 11.4 Å². The number of rotatable bonds is 8. The number of nitrogens with one attached hydrogen (secondary N) is 1. The molecule has 3 rings (SSSR count). The Kier molecular flexibility index (Phi) is 7.73. The van der Waals surface area contributed by atoms with E-state index in [2.05, 4.69) is 5.32 Å². The van der Waals surface area contributed by atoms with Gasteiger partial charge in [-0.05, 0) is 81.3 Å². The maximum atomic E-state index is 13.6. The Morgan fingerprint density at radius 1 is 0.882 bits per heavy atom. The second-order valence-electron chi connectivity index (χ2n) is 8.02. The third-order valence-electron chi connectivity index (χ3n) is 5.05. The van der Waals surface area contributed by atoms with Crippen LogP contribution in [-0.2, 0) is 19.6 Å². The van der Waals surface area contributed by atoms with Crippen LogP contribution in [0.15, 0.2) is 71.6 Å². The van der Waals surface area contributed by atoms with Crippen molar-refractivity contribution < 1.29 is 22.7 Å². The summed E-state index contributed by atoms with van der Waals surface area (Å²) in [6.45, 7) is 7.11. The molecule has 0 bridgehead atoms. The molecule has 1 amide bonds. The van der Waals surface area contributed by atoms with E-state index < -0.39 is 28.4 Å². The molecule has 3 aromatic carbocycles. The van der Waals surface area contributed by atoms with Crippen molar-refractivity contribution in [2.45, 2.75) is 32.6 Å². The molecular weight excluding hydrogens is 452 g/mol. The highest BCUT2D eigenvalue weighted by Crippen LogP contribution is 2.26. The van der Waals surface area contributed by atoms with Crippen LogP contribution in [0.3, 0.4) is 0 Å². The van der Waals surface area contributed by atoms with E-state index in [0.717, 1.165) is 21.0 Å². The summed E-state index contributed by atoms with van der Waals surface area (Å²) in [5.41, 5.74) is 3.73. The van der Waals surface area contributed by atoms with E-state index in [4.69, 9.17) is 4.74 Å². The fourth-order valence-corrected chi connectivity index (χ4v) is 4.92. The molecule has 0 heterocycles. The monoisotopic (exact) mass is 480 g/mol. The molecule has 3 aromatic rings. The molecule has 7 nitrogen and oxygen atoms in total. The van der Waals surface area contributed by atoms with E-state index in [9.17, 15) is 18.0 Å². The summed E-state index contributed by atoms with van der Waals surface area (Å²) in [7, 11) is -4.02. The summed E-state index contributed by atoms with van der Waals surface area (Å²) >= 11 is 0. The smallest absolute Gasteiger partial charge is 0.338 e. The topological polar surface area (TPSA) is 92.8 Å². The Hall–Kier alpha value is -3.65. The number of amides is 1. The summed E-state index contributed by atoms with van der Waals surface area (Å²) in [6, 6.07) is 18.2. The van der Waals surface area contributed by atoms with Gasteiger partial charge >= 0.3 is 5.97 Å². The molecular formula is C26H28N2O5S. The first-order chi connectivity index (χ1) is 16.1. The van der Waals surface area contributed by atoms with Gasteiger partial charge < -0.3 is 10.1 Å². The first kappa shape index (κ1) is 25.0. The molecule has 0 radical (unpaired) electrons. The van der Waals surface area contributed by atoms with Crippen molar-refractivity contribution in [2.24, 2.45) is 0 Å². The number of sulfonamides is 1. The van der Waals surface area contributed by atoms with Gasteiger partial charge in [0.1, 0.15) is 6.54 Å². The zero-order valence-corrected chi connectivity index (χ0v) is 20.5. The van der Waals surface area contributed by atoms with E-state index in [-0.39, 0.29) is 17.1 Å². The lowest BCUT2D eigenvalue weighted by Crippen LogP contribution is -2.38. The highest BCUT2D eigenvalue weighted by molar-refractivity contribution is 7.92. The summed E-state index contributed by atoms with van der Waals surface area (Å²) in [5, 5.41) is 2.69. The Labute approximate surface area is 200 Å². The van der Waals surface area contributed by atoms with Gasteiger partial charge in [0.05, 0.1) is 22.8 Å². The van der Waals surface area contributed by atoms with E-state index >= 15 is 0 Å². The standard InChI is InChI=1S/C26H28N2O5S/c1-5-33-26(30)21-7-6-8-22(16-21)27-25(29)17-28(23-14-19(3)13-20(4)15-23)34(31,32)24-11-9-18(2)10-12-24/h6-16H,5,17H2,1-4H3,(H,27,29). The largest absolute Gasteiger partial charge is 0.462 e. The number of carbonyl (C=O) groups excluding carboxylic acids is 2. The van der Waals surface area contributed by atoms with Gasteiger partial charge in [0, 0.05) is 5.69 Å². The molecule has 0 saturated carbocycles. The van der Waals surface area contributed by atoms with E-state index in [1.807, 2.05) is 26.8 Å². The van der Waals surface area contributed by atoms with Crippen LogP contribution >= 0.6 is 0 Å². The second-order valence-corrected chi connectivity index (χ2v) is 9.88. The Morgan fingerprint density at radius 2 is 1.53 bits per heavy atom. The van der Waals surface area contributed by atoms with Gasteiger partial charge in [-0.15, -0.1) is 0 Å². The van der Waals surface area contributed by atoms with Crippen molar-refractivity contribution in [1.82, 2.24) is 0 Å². The molecule has 0 unspecified atom stereocenters. The number of hydrogen-bond donors (Lipinski definition) is 1. The maximum absolute atomic E-state index is 13.6. The number of benzene rings is 3. The minimum atomic E-state index is -4.02. The average molecular weight is 481 g/mol. The number of carbonyl (C=O) groups is 2. The molecule has 0 aliphatic heterocycles. The van der Waals surface area contributed by atoms with Crippen molar-refractivity contribution in [3.05, 3.63) is 89.0 Å². The third kappa shape index (κ3) is 6.02. The first-order valence-electron chi connectivity index (χ1n) is 10.8. The predicted molar refractivity (Wildman–Crippen MR) is 133 cm³/mol. The van der Waals surface area contributed by atoms with Gasteiger partial charge in [-0.3, -0.25) is 9.10 Å². The highest BCUT2D eigenvalue weighted by Gasteiger charge is 2.27. The van der Waals surface area contributed by atoms with Crippen LogP contribution in [0.2, 0.25) is 0 Å². The molecule has 0 aliphatic rings. The minimum Gasteiger partial charge on any atom is -0.462 e. The minimum absolute atomic E-state index is 0.0920. The molecule has 178 valence electrons. The zero-order chi connectivity index (χ0) is 24.9. The lowest BCUT2D eigenvalue weighted by atomic mass is 10.1. The number of esters is 1. The van der Waals surface area contributed by atoms with E-state index in [1.54, 1.807) is 49.4 Å². The molecule has 1 N–H and O–H groups in total. The molecule has 0 aliphatic carbocycles. The number of hydrogen-bond acceptors (Lipinski definition) is 5. The molecule has 0 spiro atoms. The Morgan fingerprint density at radius 3 is 2.15 bits per heavy atom. The molecule has 0 saturated heterocycles. The number of aryl methyl sites for hydroxylation is 3. The average Bonchev–Trinajstić information content (AvgIpc) is 2.77. The van der Waals surface area contributed by atoms with Crippen LogP contribution in [-0.4, -0.2) is 33.4 Å². The number of anilines is 2. The maximum Gasteiger partial charge on any atom is 0.338 e. The summed E-state index contributed by atoms with van der Waals surface area (Å²) in [4.78, 5) is 25.1. The van der Waals surface area contributed by atoms with Crippen LogP contribution in [0.25, 0.3) is 0 Å². The van der Waals surface area contributed by atoms with Crippen molar-refractivity contribution in [1.29, 1.82) is 0 Å². The number of nitrogens with zero attached hydrogens (tertiary/aromatic N) is 1. The molecule has 34 heavy (non-hydrogen) atoms. The molecule has 0 fully saturated rings. The fourth-order valence-electron chi connectivity index (χ4n) is 3.52. The Bertz CT molecular complexity index is 1280. The van der Waals surface area contributed by atoms with Crippen LogP contribution < -0.4 is 9.62 Å².